The van der Waals surface area contributed by atoms with E-state index in [1.54, 1.807) is 24.8 Å². The van der Waals surface area contributed by atoms with Crippen molar-refractivity contribution in [3.05, 3.63) is 110 Å². The number of aromatic nitrogens is 8. The van der Waals surface area contributed by atoms with Crippen LogP contribution in [0.2, 0.25) is 0 Å². The molecule has 0 aromatic carbocycles. The van der Waals surface area contributed by atoms with Gasteiger partial charge in [-0.3, -0.25) is 28.7 Å². The van der Waals surface area contributed by atoms with Gasteiger partial charge >= 0.3 is 0 Å². The number of fused-ring (bicyclic) bond motifs is 2. The molecule has 0 atom stereocenters. The van der Waals surface area contributed by atoms with E-state index >= 15 is 0 Å². The maximum Gasteiger partial charge on any atom is 0.164 e. The highest BCUT2D eigenvalue weighted by atomic mass is 15.1. The Hall–Kier alpha value is -5.24. The molecule has 0 amide bonds. The average molecular weight is 467 g/mol. The van der Waals surface area contributed by atoms with Crippen molar-refractivity contribution in [1.29, 1.82) is 0 Å². The van der Waals surface area contributed by atoms with Gasteiger partial charge in [-0.1, -0.05) is 24.3 Å². The third kappa shape index (κ3) is 3.24. The number of imidazole rings is 2. The first-order chi connectivity index (χ1) is 17.9. The lowest BCUT2D eigenvalue weighted by Crippen LogP contribution is -1.91. The Kier molecular flexibility index (Phi) is 4.60. The summed E-state index contributed by atoms with van der Waals surface area (Å²) >= 11 is 0. The smallest absolute Gasteiger partial charge is 0.164 e. The summed E-state index contributed by atoms with van der Waals surface area (Å²) in [6.07, 6.45) is 11.0. The largest absolute Gasteiger partial charge is 0.298 e. The minimum Gasteiger partial charge on any atom is -0.298 e. The van der Waals surface area contributed by atoms with Crippen molar-refractivity contribution in [2.75, 3.05) is 0 Å². The zero-order valence-corrected chi connectivity index (χ0v) is 19.0. The Morgan fingerprint density at radius 2 is 0.917 bits per heavy atom. The van der Waals surface area contributed by atoms with Gasteiger partial charge in [0.05, 0.1) is 23.4 Å². The maximum atomic E-state index is 4.90. The first-order valence-corrected chi connectivity index (χ1v) is 11.5. The van der Waals surface area contributed by atoms with E-state index in [0.29, 0.717) is 11.4 Å². The lowest BCUT2D eigenvalue weighted by atomic mass is 10.2. The number of pyridine rings is 4. The van der Waals surface area contributed by atoms with Gasteiger partial charge in [0, 0.05) is 24.8 Å². The zero-order valence-electron chi connectivity index (χ0n) is 19.0. The average Bonchev–Trinajstić information content (AvgIpc) is 3.54. The minimum absolute atomic E-state index is 0.679. The SMILES string of the molecule is c1ccc(-c2nc(-c3cnc(-c4nc(-c5ccccn5)n5ccccc45)cn3)c3ccccn23)nc1. The predicted molar refractivity (Wildman–Crippen MR) is 137 cm³/mol. The zero-order chi connectivity index (χ0) is 23.9. The molecular formula is C28H18N8. The lowest BCUT2D eigenvalue weighted by molar-refractivity contribution is 1.13. The third-order valence-electron chi connectivity index (χ3n) is 6.02. The molecule has 8 heteroatoms. The van der Waals surface area contributed by atoms with Gasteiger partial charge in [0.1, 0.15) is 34.2 Å². The number of hydrogen-bond donors (Lipinski definition) is 0. The summed E-state index contributed by atoms with van der Waals surface area (Å²) in [5.41, 5.74) is 6.31. The van der Waals surface area contributed by atoms with E-state index < -0.39 is 0 Å². The third-order valence-corrected chi connectivity index (χ3v) is 6.02. The molecule has 0 saturated carbocycles. The molecule has 0 aliphatic heterocycles. The summed E-state index contributed by atoms with van der Waals surface area (Å²) in [5, 5.41) is 0. The summed E-state index contributed by atoms with van der Waals surface area (Å²) in [6, 6.07) is 23.6. The van der Waals surface area contributed by atoms with Crippen LogP contribution in [0.15, 0.2) is 110 Å². The van der Waals surface area contributed by atoms with E-state index in [1.807, 2.05) is 94.0 Å². The normalized spacial score (nSPS) is 11.3. The van der Waals surface area contributed by atoms with Crippen LogP contribution >= 0.6 is 0 Å². The molecule has 0 spiro atoms. The monoisotopic (exact) mass is 466 g/mol. The second-order valence-electron chi connectivity index (χ2n) is 8.20. The van der Waals surface area contributed by atoms with Gasteiger partial charge < -0.3 is 0 Å². The van der Waals surface area contributed by atoms with Crippen LogP contribution in [-0.4, -0.2) is 38.7 Å². The molecule has 7 aromatic rings. The highest BCUT2D eigenvalue weighted by Gasteiger charge is 2.18. The quantitative estimate of drug-likeness (QED) is 0.353. The van der Waals surface area contributed by atoms with Crippen LogP contribution in [0.1, 0.15) is 0 Å². The topological polar surface area (TPSA) is 86.2 Å². The first kappa shape index (κ1) is 20.2. The van der Waals surface area contributed by atoms with Crippen LogP contribution in [0.4, 0.5) is 0 Å². The molecule has 0 aliphatic rings. The number of nitrogens with zero attached hydrogens (tertiary/aromatic N) is 8. The van der Waals surface area contributed by atoms with Crippen LogP contribution in [0.3, 0.4) is 0 Å². The Morgan fingerprint density at radius 1 is 0.444 bits per heavy atom. The second kappa shape index (κ2) is 8.21. The molecular weight excluding hydrogens is 448 g/mol. The number of rotatable bonds is 4. The van der Waals surface area contributed by atoms with Gasteiger partial charge in [-0.05, 0) is 48.5 Å². The van der Waals surface area contributed by atoms with Crippen LogP contribution in [0.25, 0.3) is 56.8 Å². The Morgan fingerprint density at radius 3 is 1.33 bits per heavy atom. The van der Waals surface area contributed by atoms with Crippen LogP contribution < -0.4 is 0 Å². The van der Waals surface area contributed by atoms with Gasteiger partial charge in [0.15, 0.2) is 11.6 Å². The van der Waals surface area contributed by atoms with Gasteiger partial charge in [-0.25, -0.2) is 9.97 Å². The second-order valence-corrected chi connectivity index (χ2v) is 8.20. The molecule has 7 rings (SSSR count). The molecule has 7 heterocycles. The van der Waals surface area contributed by atoms with Crippen molar-refractivity contribution in [2.45, 2.75) is 0 Å². The highest BCUT2D eigenvalue weighted by molar-refractivity contribution is 5.81. The predicted octanol–water partition coefficient (Wildman–Crippen LogP) is 5.23. The molecule has 8 nitrogen and oxygen atoms in total. The van der Waals surface area contributed by atoms with Crippen LogP contribution in [0.5, 0.6) is 0 Å². The van der Waals surface area contributed by atoms with Gasteiger partial charge in [-0.15, -0.1) is 0 Å². The van der Waals surface area contributed by atoms with Crippen molar-refractivity contribution in [3.8, 4) is 45.8 Å². The van der Waals surface area contributed by atoms with Gasteiger partial charge in [-0.2, -0.15) is 0 Å². The number of hydrogen-bond acceptors (Lipinski definition) is 6. The van der Waals surface area contributed by atoms with Crippen molar-refractivity contribution in [2.24, 2.45) is 0 Å². The lowest BCUT2D eigenvalue weighted by Gasteiger charge is -2.01. The molecule has 0 aliphatic carbocycles. The molecule has 0 fully saturated rings. The standard InChI is InChI=1S/C28H18N8/c1-5-13-29-19(9-1)27-33-25(23-11-3-7-15-35(23)27)21-17-32-22(18-31-21)26-24-12-4-8-16-36(24)28(34-26)20-10-2-6-14-30-20/h1-18H. The van der Waals surface area contributed by atoms with E-state index in [9.17, 15) is 0 Å². The molecule has 0 saturated heterocycles. The summed E-state index contributed by atoms with van der Waals surface area (Å²) < 4.78 is 4.05. The summed E-state index contributed by atoms with van der Waals surface area (Å²) in [6.45, 7) is 0. The first-order valence-electron chi connectivity index (χ1n) is 11.5. The molecule has 36 heavy (non-hydrogen) atoms. The molecule has 0 unspecified atom stereocenters. The maximum absolute atomic E-state index is 4.90. The minimum atomic E-state index is 0.679. The molecule has 170 valence electrons. The van der Waals surface area contributed by atoms with E-state index in [2.05, 4.69) is 9.97 Å². The summed E-state index contributed by atoms with van der Waals surface area (Å²) in [4.78, 5) is 28.2. The van der Waals surface area contributed by atoms with Crippen LogP contribution in [-0.2, 0) is 0 Å². The van der Waals surface area contributed by atoms with Crippen molar-refractivity contribution in [1.82, 2.24) is 38.7 Å². The molecule has 0 radical (unpaired) electrons. The van der Waals surface area contributed by atoms with E-state index in [0.717, 1.165) is 45.5 Å². The summed E-state index contributed by atoms with van der Waals surface area (Å²) in [7, 11) is 0. The molecule has 7 aromatic heterocycles. The van der Waals surface area contributed by atoms with E-state index in [1.165, 1.54) is 0 Å². The Bertz CT molecular complexity index is 1680. The van der Waals surface area contributed by atoms with Crippen molar-refractivity contribution < 1.29 is 0 Å². The van der Waals surface area contributed by atoms with Crippen molar-refractivity contribution >= 4 is 11.0 Å². The molecule has 0 N–H and O–H groups in total. The Labute approximate surface area is 205 Å². The highest BCUT2D eigenvalue weighted by Crippen LogP contribution is 2.30. The fourth-order valence-electron chi connectivity index (χ4n) is 4.38. The van der Waals surface area contributed by atoms with Gasteiger partial charge in [0.2, 0.25) is 0 Å². The van der Waals surface area contributed by atoms with E-state index in [-0.39, 0.29) is 0 Å². The fourth-order valence-corrected chi connectivity index (χ4v) is 4.38. The molecule has 0 bridgehead atoms. The van der Waals surface area contributed by atoms with Gasteiger partial charge in [0.25, 0.3) is 0 Å². The van der Waals surface area contributed by atoms with E-state index in [4.69, 9.17) is 19.9 Å². The van der Waals surface area contributed by atoms with Crippen LogP contribution in [0, 0.1) is 0 Å². The summed E-state index contributed by atoms with van der Waals surface area (Å²) in [5.74, 6) is 1.51. The fraction of sp³-hybridized carbons (Fsp3) is 0. The Balaban J connectivity index is 1.34. The van der Waals surface area contributed by atoms with Crippen molar-refractivity contribution in [3.63, 3.8) is 0 Å².